The van der Waals surface area contributed by atoms with Crippen LogP contribution in [0.25, 0.3) is 11.2 Å². The molecule has 84 valence electrons. The number of anilines is 1. The Hall–Kier alpha value is -1.69. The molecule has 3 N–H and O–H groups in total. The maximum absolute atomic E-state index is 9.87. The first-order valence-corrected chi connectivity index (χ1v) is 5.38. The lowest BCUT2D eigenvalue weighted by Crippen LogP contribution is -2.17. The van der Waals surface area contributed by atoms with Gasteiger partial charge in [0.25, 0.3) is 0 Å². The molecule has 0 radical (unpaired) electrons. The average Bonchev–Trinajstić information content (AvgIpc) is 2.84. The second-order valence-electron chi connectivity index (χ2n) is 4.15. The van der Waals surface area contributed by atoms with Gasteiger partial charge in [0.1, 0.15) is 11.8 Å². The number of aliphatic hydroxyl groups is 1. The number of nitrogens with two attached hydrogens (primary N) is 1. The Balaban J connectivity index is 2.14. The smallest absolute Gasteiger partial charge is 0.165 e. The molecule has 0 saturated heterocycles. The van der Waals surface area contributed by atoms with Crippen molar-refractivity contribution in [2.75, 3.05) is 5.73 Å². The van der Waals surface area contributed by atoms with E-state index in [4.69, 9.17) is 5.73 Å². The molecule has 6 nitrogen and oxygen atoms in total. The van der Waals surface area contributed by atoms with E-state index in [-0.39, 0.29) is 12.1 Å². The summed E-state index contributed by atoms with van der Waals surface area (Å²) in [4.78, 5) is 12.3. The third kappa shape index (κ3) is 1.26. The van der Waals surface area contributed by atoms with Crippen LogP contribution in [0.5, 0.6) is 0 Å². The zero-order valence-corrected chi connectivity index (χ0v) is 8.74. The van der Waals surface area contributed by atoms with Gasteiger partial charge in [-0.2, -0.15) is 0 Å². The molecule has 1 saturated carbocycles. The summed E-state index contributed by atoms with van der Waals surface area (Å²) in [5, 5.41) is 9.87. The Kier molecular flexibility index (Phi) is 2.03. The maximum Gasteiger partial charge on any atom is 0.165 e. The number of aromatic nitrogens is 4. The van der Waals surface area contributed by atoms with Gasteiger partial charge in [0.15, 0.2) is 11.5 Å². The van der Waals surface area contributed by atoms with Crippen LogP contribution < -0.4 is 5.73 Å². The van der Waals surface area contributed by atoms with Crippen molar-refractivity contribution in [3.63, 3.8) is 0 Å². The molecule has 0 bridgehead atoms. The molecule has 1 aliphatic rings. The van der Waals surface area contributed by atoms with E-state index in [0.29, 0.717) is 17.0 Å². The number of imidazole rings is 1. The zero-order chi connectivity index (χ0) is 11.1. The van der Waals surface area contributed by atoms with Crippen LogP contribution in [0.1, 0.15) is 25.3 Å². The standard InChI is InChI=1S/C10H13N5O/c11-9-8-10(13-4-12-9)15(5-14-8)6-2-1-3-7(6)16/h4-7,16H,1-3H2,(H2,11,12,13)/t6-,7-/m1/s1. The number of hydrogen-bond donors (Lipinski definition) is 2. The Bertz CT molecular complexity index is 523. The van der Waals surface area contributed by atoms with Gasteiger partial charge in [-0.05, 0) is 19.3 Å². The summed E-state index contributed by atoms with van der Waals surface area (Å²) in [6.07, 6.45) is 5.63. The quantitative estimate of drug-likeness (QED) is 0.728. The lowest BCUT2D eigenvalue weighted by atomic mass is 10.2. The molecular weight excluding hydrogens is 206 g/mol. The number of nitrogens with zero attached hydrogens (tertiary/aromatic N) is 4. The fraction of sp³-hybridized carbons (Fsp3) is 0.500. The van der Waals surface area contributed by atoms with Crippen LogP contribution in [0.3, 0.4) is 0 Å². The summed E-state index contributed by atoms with van der Waals surface area (Å²) in [6, 6.07) is 0.0688. The molecule has 0 unspecified atom stereocenters. The topological polar surface area (TPSA) is 89.9 Å². The van der Waals surface area contributed by atoms with Crippen LogP contribution in [0, 0.1) is 0 Å². The van der Waals surface area contributed by atoms with Crippen molar-refractivity contribution in [3.05, 3.63) is 12.7 Å². The van der Waals surface area contributed by atoms with Crippen molar-refractivity contribution in [1.82, 2.24) is 19.5 Å². The molecule has 0 spiro atoms. The Morgan fingerprint density at radius 1 is 1.31 bits per heavy atom. The van der Waals surface area contributed by atoms with Gasteiger partial charge in [0.05, 0.1) is 18.5 Å². The van der Waals surface area contributed by atoms with E-state index in [1.807, 2.05) is 4.57 Å². The molecule has 2 aromatic heterocycles. The van der Waals surface area contributed by atoms with Crippen molar-refractivity contribution in [2.45, 2.75) is 31.4 Å². The average molecular weight is 219 g/mol. The molecule has 0 aromatic carbocycles. The van der Waals surface area contributed by atoms with Crippen LogP contribution in [0.2, 0.25) is 0 Å². The van der Waals surface area contributed by atoms with Crippen LogP contribution in [-0.4, -0.2) is 30.7 Å². The van der Waals surface area contributed by atoms with Crippen molar-refractivity contribution in [3.8, 4) is 0 Å². The van der Waals surface area contributed by atoms with Crippen molar-refractivity contribution in [2.24, 2.45) is 0 Å². The third-order valence-electron chi connectivity index (χ3n) is 3.19. The van der Waals surface area contributed by atoms with Crippen molar-refractivity contribution >= 4 is 17.0 Å². The first-order chi connectivity index (χ1) is 7.77. The molecule has 1 aliphatic carbocycles. The summed E-state index contributed by atoms with van der Waals surface area (Å²) in [7, 11) is 0. The highest BCUT2D eigenvalue weighted by molar-refractivity contribution is 5.81. The molecule has 2 heterocycles. The van der Waals surface area contributed by atoms with E-state index < -0.39 is 0 Å². The van der Waals surface area contributed by atoms with Crippen LogP contribution >= 0.6 is 0 Å². The van der Waals surface area contributed by atoms with E-state index in [1.54, 1.807) is 6.33 Å². The van der Waals surface area contributed by atoms with Crippen LogP contribution in [0.4, 0.5) is 5.82 Å². The van der Waals surface area contributed by atoms with Gasteiger partial charge in [-0.1, -0.05) is 0 Å². The molecule has 1 fully saturated rings. The van der Waals surface area contributed by atoms with Crippen LogP contribution in [-0.2, 0) is 0 Å². The highest BCUT2D eigenvalue weighted by atomic mass is 16.3. The SMILES string of the molecule is Nc1ncnc2c1ncn2[C@@H]1CCC[C@H]1O. The lowest BCUT2D eigenvalue weighted by molar-refractivity contribution is 0.138. The summed E-state index contributed by atoms with van der Waals surface area (Å²) in [5.41, 5.74) is 7.03. The number of rotatable bonds is 1. The second-order valence-corrected chi connectivity index (χ2v) is 4.15. The number of hydrogen-bond acceptors (Lipinski definition) is 5. The summed E-state index contributed by atoms with van der Waals surface area (Å²) in [5.74, 6) is 0.385. The normalized spacial score (nSPS) is 25.3. The first kappa shape index (κ1) is 9.53. The molecule has 2 aromatic rings. The minimum Gasteiger partial charge on any atom is -0.391 e. The van der Waals surface area contributed by atoms with Gasteiger partial charge in [-0.3, -0.25) is 0 Å². The summed E-state index contributed by atoms with van der Waals surface area (Å²) in [6.45, 7) is 0. The minimum absolute atomic E-state index is 0.0688. The Morgan fingerprint density at radius 2 is 2.19 bits per heavy atom. The van der Waals surface area contributed by atoms with Gasteiger partial charge < -0.3 is 15.4 Å². The molecule has 6 heteroatoms. The molecule has 2 atom stereocenters. The van der Waals surface area contributed by atoms with E-state index in [9.17, 15) is 5.11 Å². The first-order valence-electron chi connectivity index (χ1n) is 5.38. The summed E-state index contributed by atoms with van der Waals surface area (Å²) >= 11 is 0. The maximum atomic E-state index is 9.87. The van der Waals surface area contributed by atoms with Gasteiger partial charge in [0, 0.05) is 0 Å². The van der Waals surface area contributed by atoms with Crippen LogP contribution in [0.15, 0.2) is 12.7 Å². The number of aliphatic hydroxyl groups excluding tert-OH is 1. The highest BCUT2D eigenvalue weighted by Gasteiger charge is 2.28. The molecule has 3 rings (SSSR count). The minimum atomic E-state index is -0.311. The highest BCUT2D eigenvalue weighted by Crippen LogP contribution is 2.32. The molecule has 16 heavy (non-hydrogen) atoms. The van der Waals surface area contributed by atoms with E-state index in [0.717, 1.165) is 19.3 Å². The Morgan fingerprint density at radius 3 is 2.94 bits per heavy atom. The van der Waals surface area contributed by atoms with Gasteiger partial charge in [0.2, 0.25) is 0 Å². The second kappa shape index (κ2) is 3.41. The molecule has 0 aliphatic heterocycles. The van der Waals surface area contributed by atoms with Crippen molar-refractivity contribution in [1.29, 1.82) is 0 Å². The molecular formula is C10H13N5O. The van der Waals surface area contributed by atoms with Crippen molar-refractivity contribution < 1.29 is 5.11 Å². The number of fused-ring (bicyclic) bond motifs is 1. The number of nitrogen functional groups attached to an aromatic ring is 1. The fourth-order valence-electron chi connectivity index (χ4n) is 2.36. The predicted octanol–water partition coefficient (Wildman–Crippen LogP) is 0.494. The largest absolute Gasteiger partial charge is 0.391 e. The molecule has 0 amide bonds. The Labute approximate surface area is 92.1 Å². The van der Waals surface area contributed by atoms with Gasteiger partial charge in [-0.25, -0.2) is 15.0 Å². The third-order valence-corrected chi connectivity index (χ3v) is 3.19. The summed E-state index contributed by atoms with van der Waals surface area (Å²) < 4.78 is 1.91. The van der Waals surface area contributed by atoms with E-state index in [2.05, 4.69) is 15.0 Å². The van der Waals surface area contributed by atoms with E-state index in [1.165, 1.54) is 6.33 Å². The predicted molar refractivity (Wildman–Crippen MR) is 58.6 cm³/mol. The fourth-order valence-corrected chi connectivity index (χ4v) is 2.36. The monoisotopic (exact) mass is 219 g/mol. The van der Waals surface area contributed by atoms with Gasteiger partial charge in [-0.15, -0.1) is 0 Å². The van der Waals surface area contributed by atoms with Gasteiger partial charge >= 0.3 is 0 Å². The van der Waals surface area contributed by atoms with E-state index >= 15 is 0 Å². The zero-order valence-electron chi connectivity index (χ0n) is 8.74. The lowest BCUT2D eigenvalue weighted by Gasteiger charge is -2.16.